The van der Waals surface area contributed by atoms with Gasteiger partial charge in [0.1, 0.15) is 11.8 Å². The van der Waals surface area contributed by atoms with Crippen molar-refractivity contribution in [1.82, 2.24) is 0 Å². The van der Waals surface area contributed by atoms with Crippen LogP contribution in [0, 0.1) is 11.3 Å². The van der Waals surface area contributed by atoms with E-state index in [0.29, 0.717) is 5.56 Å². The van der Waals surface area contributed by atoms with Gasteiger partial charge < -0.3 is 5.11 Å². The fourth-order valence-corrected chi connectivity index (χ4v) is 2.90. The number of halogens is 1. The van der Waals surface area contributed by atoms with Gasteiger partial charge in [0.15, 0.2) is 0 Å². The summed E-state index contributed by atoms with van der Waals surface area (Å²) in [5.41, 5.74) is 0.639. The Hall–Kier alpha value is -1.05. The van der Waals surface area contributed by atoms with Crippen LogP contribution in [0.3, 0.4) is 0 Å². The van der Waals surface area contributed by atoms with Crippen LogP contribution in [0.4, 0.5) is 0 Å². The number of nitrogens with zero attached hydrogens (tertiary/aromatic N) is 1. The van der Waals surface area contributed by atoms with Crippen LogP contribution < -0.4 is 0 Å². The molecule has 2 rings (SSSR count). The van der Waals surface area contributed by atoms with E-state index < -0.39 is 0 Å². The molecule has 0 aliphatic carbocycles. The Kier molecular flexibility index (Phi) is 1.98. The van der Waals surface area contributed by atoms with Crippen molar-refractivity contribution in [1.29, 1.82) is 5.26 Å². The van der Waals surface area contributed by atoms with Crippen molar-refractivity contribution in [2.75, 3.05) is 0 Å². The molecule has 0 saturated heterocycles. The summed E-state index contributed by atoms with van der Waals surface area (Å²) >= 11 is 4.76. The van der Waals surface area contributed by atoms with E-state index in [2.05, 4.69) is 22.0 Å². The molecule has 4 heteroatoms. The highest BCUT2D eigenvalue weighted by atomic mass is 79.9. The van der Waals surface area contributed by atoms with E-state index in [1.54, 1.807) is 18.2 Å². The van der Waals surface area contributed by atoms with Gasteiger partial charge in [0.25, 0.3) is 0 Å². The van der Waals surface area contributed by atoms with Crippen LogP contribution in [0.5, 0.6) is 5.75 Å². The van der Waals surface area contributed by atoms with Crippen LogP contribution in [0.25, 0.3) is 10.1 Å². The number of hydrogen-bond donors (Lipinski definition) is 1. The third-order valence-electron chi connectivity index (χ3n) is 1.74. The average Bonchev–Trinajstić information content (AvgIpc) is 2.39. The third kappa shape index (κ3) is 1.30. The lowest BCUT2D eigenvalue weighted by atomic mass is 10.2. The molecule has 0 bridgehead atoms. The van der Waals surface area contributed by atoms with Crippen molar-refractivity contribution >= 4 is 37.4 Å². The number of phenolic OH excluding ortho intramolecular Hbond substituents is 1. The predicted octanol–water partition coefficient (Wildman–Crippen LogP) is 3.24. The Balaban J connectivity index is 2.88. The van der Waals surface area contributed by atoms with Crippen molar-refractivity contribution in [3.63, 3.8) is 0 Å². The Morgan fingerprint density at radius 2 is 2.23 bits per heavy atom. The van der Waals surface area contributed by atoms with E-state index in [9.17, 15) is 5.11 Å². The van der Waals surface area contributed by atoms with Crippen molar-refractivity contribution in [3.05, 3.63) is 27.5 Å². The fourth-order valence-electron chi connectivity index (χ4n) is 1.16. The van der Waals surface area contributed by atoms with E-state index in [-0.39, 0.29) is 5.75 Å². The first-order chi connectivity index (χ1) is 6.22. The summed E-state index contributed by atoms with van der Waals surface area (Å²) in [6, 6.07) is 7.12. The standard InChI is InChI=1S/C9H4BrNOS/c10-9-7(4-11)6-2-1-5(12)3-8(6)13-9/h1-3,12H. The molecule has 0 unspecified atom stereocenters. The van der Waals surface area contributed by atoms with Crippen LogP contribution in [0.2, 0.25) is 0 Å². The number of rotatable bonds is 0. The molecule has 0 spiro atoms. The number of hydrogen-bond acceptors (Lipinski definition) is 3. The van der Waals surface area contributed by atoms with Crippen LogP contribution in [-0.4, -0.2) is 5.11 Å². The molecule has 0 amide bonds. The fraction of sp³-hybridized carbons (Fsp3) is 0. The lowest BCUT2D eigenvalue weighted by Crippen LogP contribution is -1.70. The first kappa shape index (κ1) is 8.54. The molecule has 13 heavy (non-hydrogen) atoms. The third-order valence-corrected chi connectivity index (χ3v) is 3.57. The minimum atomic E-state index is 0.228. The minimum Gasteiger partial charge on any atom is -0.508 e. The predicted molar refractivity (Wildman–Crippen MR) is 55.9 cm³/mol. The number of thiophene rings is 1. The van der Waals surface area contributed by atoms with E-state index in [0.717, 1.165) is 13.9 Å². The molecule has 1 aromatic carbocycles. The zero-order valence-corrected chi connectivity index (χ0v) is 8.82. The first-order valence-corrected chi connectivity index (χ1v) is 5.14. The summed E-state index contributed by atoms with van der Waals surface area (Å²) in [6.07, 6.45) is 0. The quantitative estimate of drug-likeness (QED) is 0.784. The highest BCUT2D eigenvalue weighted by Crippen LogP contribution is 2.36. The number of phenols is 1. The molecule has 2 aromatic rings. The smallest absolute Gasteiger partial charge is 0.117 e. The lowest BCUT2D eigenvalue weighted by molar-refractivity contribution is 0.476. The van der Waals surface area contributed by atoms with Gasteiger partial charge in [-0.05, 0) is 34.1 Å². The van der Waals surface area contributed by atoms with Gasteiger partial charge in [-0.3, -0.25) is 0 Å². The maximum absolute atomic E-state index is 9.21. The van der Waals surface area contributed by atoms with Gasteiger partial charge in [0.05, 0.1) is 9.35 Å². The molecule has 0 saturated carbocycles. The molecule has 0 radical (unpaired) electrons. The first-order valence-electron chi connectivity index (χ1n) is 3.53. The molecule has 0 atom stereocenters. The van der Waals surface area contributed by atoms with Gasteiger partial charge in [-0.25, -0.2) is 0 Å². The molecule has 0 aliphatic rings. The van der Waals surface area contributed by atoms with Gasteiger partial charge in [-0.15, -0.1) is 11.3 Å². The maximum atomic E-state index is 9.21. The topological polar surface area (TPSA) is 44.0 Å². The van der Waals surface area contributed by atoms with E-state index >= 15 is 0 Å². The van der Waals surface area contributed by atoms with Crippen LogP contribution >= 0.6 is 27.3 Å². The Bertz CT molecular complexity index is 512. The highest BCUT2D eigenvalue weighted by Gasteiger charge is 2.09. The van der Waals surface area contributed by atoms with Crippen molar-refractivity contribution in [3.8, 4) is 11.8 Å². The average molecular weight is 254 g/mol. The maximum Gasteiger partial charge on any atom is 0.117 e. The second kappa shape index (κ2) is 3.02. The second-order valence-corrected chi connectivity index (χ2v) is 4.91. The van der Waals surface area contributed by atoms with Crippen LogP contribution in [-0.2, 0) is 0 Å². The molecule has 1 aromatic heterocycles. The molecule has 64 valence electrons. The lowest BCUT2D eigenvalue weighted by Gasteiger charge is -1.90. The normalized spacial score (nSPS) is 10.2. The molecule has 2 nitrogen and oxygen atoms in total. The molecule has 1 N–H and O–H groups in total. The van der Waals surface area contributed by atoms with Crippen LogP contribution in [0.15, 0.2) is 22.0 Å². The van der Waals surface area contributed by atoms with E-state index in [4.69, 9.17) is 5.26 Å². The zero-order chi connectivity index (χ0) is 9.42. The molecular weight excluding hydrogens is 250 g/mol. The molecule has 0 fully saturated rings. The summed E-state index contributed by atoms with van der Waals surface area (Å²) in [5, 5.41) is 18.9. The zero-order valence-electron chi connectivity index (χ0n) is 6.41. The Labute approximate surface area is 87.2 Å². The molecular formula is C9H4BrNOS. The summed E-state index contributed by atoms with van der Waals surface area (Å²) in [4.78, 5) is 0. The number of nitriles is 1. The van der Waals surface area contributed by atoms with Crippen LogP contribution in [0.1, 0.15) is 5.56 Å². The summed E-state index contributed by atoms with van der Waals surface area (Å²) in [7, 11) is 0. The number of benzene rings is 1. The monoisotopic (exact) mass is 253 g/mol. The minimum absolute atomic E-state index is 0.228. The number of aromatic hydroxyl groups is 1. The number of fused-ring (bicyclic) bond motifs is 1. The van der Waals surface area contributed by atoms with E-state index in [1.807, 2.05) is 0 Å². The molecule has 0 aliphatic heterocycles. The summed E-state index contributed by atoms with van der Waals surface area (Å²) in [6.45, 7) is 0. The van der Waals surface area contributed by atoms with Gasteiger partial charge in [-0.2, -0.15) is 5.26 Å². The van der Waals surface area contributed by atoms with Crippen molar-refractivity contribution in [2.45, 2.75) is 0 Å². The molecule has 1 heterocycles. The second-order valence-electron chi connectivity index (χ2n) is 2.54. The SMILES string of the molecule is N#Cc1c(Br)sc2cc(O)ccc12. The van der Waals surface area contributed by atoms with Gasteiger partial charge in [0.2, 0.25) is 0 Å². The van der Waals surface area contributed by atoms with Crippen molar-refractivity contribution in [2.24, 2.45) is 0 Å². The summed E-state index contributed by atoms with van der Waals surface area (Å²) < 4.78 is 1.74. The van der Waals surface area contributed by atoms with Crippen molar-refractivity contribution < 1.29 is 5.11 Å². The highest BCUT2D eigenvalue weighted by molar-refractivity contribution is 9.11. The van der Waals surface area contributed by atoms with E-state index in [1.165, 1.54) is 11.3 Å². The largest absolute Gasteiger partial charge is 0.508 e. The Morgan fingerprint density at radius 3 is 2.92 bits per heavy atom. The van der Waals surface area contributed by atoms with Gasteiger partial charge in [-0.1, -0.05) is 0 Å². The Morgan fingerprint density at radius 1 is 1.46 bits per heavy atom. The van der Waals surface area contributed by atoms with Gasteiger partial charge in [0, 0.05) is 10.1 Å². The van der Waals surface area contributed by atoms with Gasteiger partial charge >= 0.3 is 0 Å². The summed E-state index contributed by atoms with van der Waals surface area (Å²) in [5.74, 6) is 0.228.